The Hall–Kier alpha value is -1.72. The van der Waals surface area contributed by atoms with Crippen LogP contribution in [-0.4, -0.2) is 65.7 Å². The van der Waals surface area contributed by atoms with E-state index in [2.05, 4.69) is 19.0 Å². The zero-order valence-electron chi connectivity index (χ0n) is 32.6. The molecule has 0 bridgehead atoms. The first-order chi connectivity index (χ1) is 25.4. The Bertz CT molecular complexity index is 2130. The van der Waals surface area contributed by atoms with E-state index in [0.717, 1.165) is 29.2 Å². The van der Waals surface area contributed by atoms with Gasteiger partial charge in [-0.1, -0.05) is 61.4 Å². The van der Waals surface area contributed by atoms with E-state index in [9.17, 15) is 22.6 Å². The normalized spacial score (nSPS) is 35.2. The standard InChI is InChI=1S/C41H53F3INO7S2/c1-26-8-12-29(13-9-26)55(50,51)45-54(7,49)28-14-10-27(11-15-28)31-22-36(4)32(18-21-41(36,47)37(5,42)38(6,43)44)30-16-19-39(46-48)23-40(20-17-33(39)34(30)31)52-24-35(2,3)25-53-40/h8-15,30-32,47H,16-25H2,1-7H3/t30?,31-,32?,36+,37?,39-,41+,54?/m1/s1. The summed E-state index contributed by atoms with van der Waals surface area (Å²) in [7, 11) is -3.79. The van der Waals surface area contributed by atoms with E-state index in [-0.39, 0.29) is 41.4 Å². The Kier molecular flexibility index (Phi) is 10.1. The third-order valence-corrected chi connectivity index (χ3v) is 31.1. The van der Waals surface area contributed by atoms with Gasteiger partial charge in [-0.05, 0) is 99.6 Å². The second-order valence-corrected chi connectivity index (χ2v) is 33.8. The van der Waals surface area contributed by atoms with Crippen molar-refractivity contribution in [2.24, 2.45) is 27.8 Å². The fourth-order valence-electron chi connectivity index (χ4n) is 10.7. The monoisotopic (exact) mass is 919 g/mol. The number of aliphatic hydroxyl groups is 1. The molecule has 1 spiro atoms. The average molecular weight is 920 g/mol. The molecule has 4 aliphatic carbocycles. The van der Waals surface area contributed by atoms with E-state index in [1.807, 2.05) is 6.92 Å². The number of nitroso groups, excluding NO2 is 1. The third-order valence-electron chi connectivity index (χ3n) is 14.0. The first-order valence-corrected chi connectivity index (χ1v) is 27.6. The lowest BCUT2D eigenvalue weighted by Gasteiger charge is -2.59. The highest BCUT2D eigenvalue weighted by Crippen LogP contribution is 2.71. The molecule has 1 N–H and O–H groups in total. The van der Waals surface area contributed by atoms with Crippen LogP contribution in [0.4, 0.5) is 13.2 Å². The summed E-state index contributed by atoms with van der Waals surface area (Å²) in [6.07, 6.45) is 3.93. The van der Waals surface area contributed by atoms with E-state index in [4.69, 9.17) is 9.47 Å². The summed E-state index contributed by atoms with van der Waals surface area (Å²) in [6, 6.07) is 13.4. The Morgan fingerprint density at radius 1 is 0.891 bits per heavy atom. The number of rotatable bonds is 7. The van der Waals surface area contributed by atoms with Crippen LogP contribution in [0.5, 0.6) is 0 Å². The van der Waals surface area contributed by atoms with Crippen molar-refractivity contribution in [1.29, 1.82) is 0 Å². The Morgan fingerprint density at radius 3 is 2.07 bits per heavy atom. The fourth-order valence-corrected chi connectivity index (χ4v) is 27.3. The molecule has 0 amide bonds. The molecular weight excluding hydrogens is 866 g/mol. The van der Waals surface area contributed by atoms with E-state index in [1.165, 1.54) is 18.4 Å². The maximum atomic E-state index is 16.6. The number of benzene rings is 2. The molecule has 8 atom stereocenters. The molecule has 4 fully saturated rings. The minimum Gasteiger partial charge on any atom is -0.386 e. The van der Waals surface area contributed by atoms with Gasteiger partial charge >= 0.3 is 0 Å². The van der Waals surface area contributed by atoms with Gasteiger partial charge in [0.25, 0.3) is 5.92 Å². The maximum absolute atomic E-state index is 16.6. The van der Waals surface area contributed by atoms with Gasteiger partial charge in [0.2, 0.25) is 7.01 Å². The summed E-state index contributed by atoms with van der Waals surface area (Å²) in [5, 5.41) is 16.2. The predicted molar refractivity (Wildman–Crippen MR) is 215 cm³/mol. The molecule has 1 aliphatic heterocycles. The number of hydrogen-bond acceptors (Lipinski definition) is 8. The van der Waals surface area contributed by atoms with Crippen molar-refractivity contribution in [3.8, 4) is 0 Å². The number of hydrogen-bond donors (Lipinski definition) is 1. The van der Waals surface area contributed by atoms with Gasteiger partial charge in [-0.2, -0.15) is 0 Å². The number of aryl methyl sites for hydroxylation is 1. The molecule has 5 aliphatic rings. The number of fused-ring (bicyclic) bond motifs is 4. The molecule has 7 rings (SSSR count). The van der Waals surface area contributed by atoms with Crippen molar-refractivity contribution in [2.45, 2.75) is 137 Å². The molecule has 2 aromatic carbocycles. The van der Waals surface area contributed by atoms with Crippen LogP contribution >= 0.6 is 17.9 Å². The first-order valence-electron chi connectivity index (χ1n) is 19.1. The van der Waals surface area contributed by atoms with Gasteiger partial charge in [-0.25, -0.2) is 21.6 Å². The molecule has 55 heavy (non-hydrogen) atoms. The molecule has 4 unspecified atom stereocenters. The summed E-state index contributed by atoms with van der Waals surface area (Å²) in [5.74, 6) is -5.86. The van der Waals surface area contributed by atoms with E-state index in [0.29, 0.717) is 57.1 Å². The Balaban J connectivity index is 1.34. The van der Waals surface area contributed by atoms with Crippen LogP contribution in [0.3, 0.4) is 0 Å². The molecule has 8 nitrogen and oxygen atoms in total. The average Bonchev–Trinajstić information content (AvgIpc) is 3.39. The number of halogens is 4. The van der Waals surface area contributed by atoms with Crippen LogP contribution < -0.4 is 0 Å². The van der Waals surface area contributed by atoms with Crippen molar-refractivity contribution >= 4 is 31.5 Å². The molecule has 14 heteroatoms. The van der Waals surface area contributed by atoms with Crippen LogP contribution in [0.2, 0.25) is 0 Å². The van der Waals surface area contributed by atoms with E-state index < -0.39 is 71.3 Å². The summed E-state index contributed by atoms with van der Waals surface area (Å²) in [5.41, 5.74) is -4.62. The number of allylic oxidation sites excluding steroid dienone is 1. The van der Waals surface area contributed by atoms with Gasteiger partial charge in [-0.15, -0.1) is 4.91 Å². The molecule has 0 aromatic heterocycles. The van der Waals surface area contributed by atoms with Crippen LogP contribution in [0, 0.1) is 34.5 Å². The van der Waals surface area contributed by atoms with Gasteiger partial charge in [0.1, 0.15) is 11.1 Å². The van der Waals surface area contributed by atoms with E-state index >= 15 is 13.2 Å². The van der Waals surface area contributed by atoms with Crippen molar-refractivity contribution in [1.82, 2.24) is 0 Å². The smallest absolute Gasteiger partial charge is 0.281 e. The second-order valence-electron chi connectivity index (χ2n) is 18.2. The van der Waals surface area contributed by atoms with Crippen LogP contribution in [0.15, 0.2) is 74.6 Å². The van der Waals surface area contributed by atoms with Gasteiger partial charge in [-0.3, -0.25) is 4.21 Å². The predicted octanol–water partition coefficient (Wildman–Crippen LogP) is 9.73. The highest BCUT2D eigenvalue weighted by molar-refractivity contribution is 14.2. The van der Waals surface area contributed by atoms with Crippen molar-refractivity contribution < 1.29 is 40.4 Å². The molecule has 0 radical (unpaired) electrons. The fraction of sp³-hybridized carbons (Fsp3) is 0.659. The van der Waals surface area contributed by atoms with Gasteiger partial charge in [0.05, 0.1) is 36.0 Å². The maximum Gasteiger partial charge on any atom is 0.281 e. The van der Waals surface area contributed by atoms with Gasteiger partial charge in [0, 0.05) is 54.2 Å². The Morgan fingerprint density at radius 2 is 1.49 bits per heavy atom. The summed E-state index contributed by atoms with van der Waals surface area (Å²) in [6.45, 7) is 7.04. The summed E-state index contributed by atoms with van der Waals surface area (Å²) >= 11 is -1.89. The second kappa shape index (κ2) is 13.4. The SMILES string of the molecule is Cc1ccc(S(=O)(=O)I=S(C)(=O)c2ccc([C@H]3C[C@@]4(C)C(CC[C@@]4(O)C(C)(F)C(C)(F)F)C4CC[C@@]5(N=O)CC6(CCC5=C43)OCC(C)(C)CO6)cc2)cc1. The molecule has 1 saturated heterocycles. The molecule has 2 aromatic rings. The topological polar surface area (TPSA) is 119 Å². The highest BCUT2D eigenvalue weighted by Gasteiger charge is 2.74. The first kappa shape index (κ1) is 41.4. The Labute approximate surface area is 330 Å². The third kappa shape index (κ3) is 6.62. The zero-order chi connectivity index (χ0) is 40.3. The van der Waals surface area contributed by atoms with Crippen molar-refractivity contribution in [2.75, 3.05) is 19.5 Å². The van der Waals surface area contributed by atoms with Gasteiger partial charge < -0.3 is 14.6 Å². The van der Waals surface area contributed by atoms with Crippen LogP contribution in [0.1, 0.15) is 103 Å². The quantitative estimate of drug-likeness (QED) is 0.127. The van der Waals surface area contributed by atoms with Gasteiger partial charge in [0.15, 0.2) is 11.5 Å². The van der Waals surface area contributed by atoms with Crippen LogP contribution in [0.25, 0.3) is 0 Å². The minimum atomic E-state index is -3.83. The lowest BCUT2D eigenvalue weighted by Crippen LogP contribution is -2.66. The molecule has 304 valence electrons. The number of alkyl halides is 3. The summed E-state index contributed by atoms with van der Waals surface area (Å²) < 4.78 is 101. The molecule has 3 saturated carbocycles. The van der Waals surface area contributed by atoms with Crippen molar-refractivity contribution in [3.63, 3.8) is 0 Å². The lowest BCUT2D eigenvalue weighted by atomic mass is 9.48. The number of ether oxygens (including phenoxy) is 2. The minimum absolute atomic E-state index is 0.134. The van der Waals surface area contributed by atoms with Crippen molar-refractivity contribution in [3.05, 3.63) is 75.7 Å². The largest absolute Gasteiger partial charge is 0.386 e. The molecule has 1 heterocycles. The summed E-state index contributed by atoms with van der Waals surface area (Å²) in [4.78, 5) is 13.7. The highest BCUT2D eigenvalue weighted by atomic mass is 127. The van der Waals surface area contributed by atoms with E-state index in [1.54, 1.807) is 43.3 Å². The van der Waals surface area contributed by atoms with Crippen LogP contribution in [-0.2, 0) is 23.1 Å². The zero-order valence-corrected chi connectivity index (χ0v) is 36.4. The molecular formula is C41H53F3INO7S2. The number of nitrogens with zero attached hydrogens (tertiary/aromatic N) is 1. The lowest BCUT2D eigenvalue weighted by molar-refractivity contribution is -0.313.